The summed E-state index contributed by atoms with van der Waals surface area (Å²) in [5, 5.41) is 0. The summed E-state index contributed by atoms with van der Waals surface area (Å²) in [6.45, 7) is 0. The number of hydrogen-bond donors (Lipinski definition) is 1. The highest BCUT2D eigenvalue weighted by atomic mass is 19.4. The Bertz CT molecular complexity index is 518. The quantitative estimate of drug-likeness (QED) is 0.666. The standard InChI is InChI=1S/C14H15F4NO/c15-11-5-4-9(8-10(11)14(16,17)18)12(20)13(19)6-2-1-3-7-13/h4-5,8H,1-3,6-7,19H2. The van der Waals surface area contributed by atoms with Gasteiger partial charge in [0.25, 0.3) is 0 Å². The number of carbonyl (C=O) groups is 1. The van der Waals surface area contributed by atoms with Gasteiger partial charge in [-0.3, -0.25) is 4.79 Å². The molecule has 0 heterocycles. The topological polar surface area (TPSA) is 43.1 Å². The van der Waals surface area contributed by atoms with E-state index < -0.39 is 28.9 Å². The zero-order chi connectivity index (χ0) is 15.0. The molecule has 0 amide bonds. The molecule has 2 nitrogen and oxygen atoms in total. The Morgan fingerprint density at radius 1 is 1.15 bits per heavy atom. The molecular formula is C14H15F4NO. The van der Waals surface area contributed by atoms with Gasteiger partial charge in [-0.25, -0.2) is 4.39 Å². The minimum Gasteiger partial charge on any atom is -0.319 e. The Hall–Kier alpha value is -1.43. The van der Waals surface area contributed by atoms with Crippen molar-refractivity contribution < 1.29 is 22.4 Å². The number of rotatable bonds is 2. The summed E-state index contributed by atoms with van der Waals surface area (Å²) >= 11 is 0. The first-order chi connectivity index (χ1) is 9.24. The lowest BCUT2D eigenvalue weighted by Gasteiger charge is -2.32. The fourth-order valence-electron chi connectivity index (χ4n) is 2.58. The van der Waals surface area contributed by atoms with Crippen molar-refractivity contribution in [3.8, 4) is 0 Å². The first-order valence-electron chi connectivity index (χ1n) is 6.44. The van der Waals surface area contributed by atoms with Crippen molar-refractivity contribution in [2.24, 2.45) is 5.73 Å². The molecule has 0 aliphatic heterocycles. The normalized spacial score (nSPS) is 18.9. The first kappa shape index (κ1) is 15.0. The maximum Gasteiger partial charge on any atom is 0.419 e. The molecule has 0 unspecified atom stereocenters. The highest BCUT2D eigenvalue weighted by Gasteiger charge is 2.38. The van der Waals surface area contributed by atoms with Crippen LogP contribution in [0.5, 0.6) is 0 Å². The van der Waals surface area contributed by atoms with E-state index in [9.17, 15) is 22.4 Å². The van der Waals surface area contributed by atoms with Crippen LogP contribution < -0.4 is 5.73 Å². The molecule has 0 saturated heterocycles. The third kappa shape index (κ3) is 2.85. The van der Waals surface area contributed by atoms with E-state index in [2.05, 4.69) is 0 Å². The second-order valence-electron chi connectivity index (χ2n) is 5.24. The van der Waals surface area contributed by atoms with Crippen LogP contribution in [0.25, 0.3) is 0 Å². The van der Waals surface area contributed by atoms with E-state index in [0.29, 0.717) is 25.0 Å². The van der Waals surface area contributed by atoms with Gasteiger partial charge < -0.3 is 5.73 Å². The van der Waals surface area contributed by atoms with Crippen LogP contribution in [-0.4, -0.2) is 11.3 Å². The summed E-state index contributed by atoms with van der Waals surface area (Å²) in [6.07, 6.45) is -1.42. The van der Waals surface area contributed by atoms with Gasteiger partial charge in [0, 0.05) is 5.56 Å². The first-order valence-corrected chi connectivity index (χ1v) is 6.44. The second kappa shape index (κ2) is 5.16. The third-order valence-corrected chi connectivity index (χ3v) is 3.73. The van der Waals surface area contributed by atoms with Crippen LogP contribution >= 0.6 is 0 Å². The Labute approximate surface area is 114 Å². The molecule has 0 atom stereocenters. The molecule has 1 saturated carbocycles. The highest BCUT2D eigenvalue weighted by molar-refractivity contribution is 6.03. The SMILES string of the molecule is NC1(C(=O)c2ccc(F)c(C(F)(F)F)c2)CCCCC1. The second-order valence-corrected chi connectivity index (χ2v) is 5.24. The highest BCUT2D eigenvalue weighted by Crippen LogP contribution is 2.34. The fraction of sp³-hybridized carbons (Fsp3) is 0.500. The minimum atomic E-state index is -4.82. The van der Waals surface area contributed by atoms with E-state index in [1.54, 1.807) is 0 Å². The van der Waals surface area contributed by atoms with Gasteiger partial charge in [0.1, 0.15) is 5.82 Å². The largest absolute Gasteiger partial charge is 0.419 e. The molecule has 1 aliphatic rings. The van der Waals surface area contributed by atoms with E-state index in [1.165, 1.54) is 0 Å². The molecule has 0 radical (unpaired) electrons. The number of hydrogen-bond acceptors (Lipinski definition) is 2. The molecule has 1 fully saturated rings. The van der Waals surface area contributed by atoms with Crippen molar-refractivity contribution in [1.82, 2.24) is 0 Å². The Morgan fingerprint density at radius 3 is 2.30 bits per heavy atom. The lowest BCUT2D eigenvalue weighted by molar-refractivity contribution is -0.140. The van der Waals surface area contributed by atoms with Gasteiger partial charge in [0.05, 0.1) is 11.1 Å². The molecule has 0 aromatic heterocycles. The number of Topliss-reactive ketones (excluding diaryl/α,β-unsaturated/α-hetero) is 1. The van der Waals surface area contributed by atoms with Crippen LogP contribution in [0.3, 0.4) is 0 Å². The average Bonchev–Trinajstić information content (AvgIpc) is 2.38. The van der Waals surface area contributed by atoms with Crippen molar-refractivity contribution in [2.45, 2.75) is 43.8 Å². The summed E-state index contributed by atoms with van der Waals surface area (Å²) in [4.78, 5) is 12.3. The third-order valence-electron chi connectivity index (χ3n) is 3.73. The van der Waals surface area contributed by atoms with Crippen LogP contribution in [0.15, 0.2) is 18.2 Å². The fourth-order valence-corrected chi connectivity index (χ4v) is 2.58. The van der Waals surface area contributed by atoms with Crippen molar-refractivity contribution in [2.75, 3.05) is 0 Å². The zero-order valence-corrected chi connectivity index (χ0v) is 10.8. The molecule has 20 heavy (non-hydrogen) atoms. The lowest BCUT2D eigenvalue weighted by atomic mass is 9.77. The van der Waals surface area contributed by atoms with Gasteiger partial charge in [-0.05, 0) is 31.0 Å². The molecule has 1 aromatic carbocycles. The summed E-state index contributed by atoms with van der Waals surface area (Å²) in [6, 6.07) is 2.29. The van der Waals surface area contributed by atoms with Gasteiger partial charge >= 0.3 is 6.18 Å². The predicted molar refractivity (Wildman–Crippen MR) is 65.7 cm³/mol. The molecule has 2 rings (SSSR count). The molecule has 1 aromatic rings. The van der Waals surface area contributed by atoms with Gasteiger partial charge in [-0.2, -0.15) is 13.2 Å². The number of nitrogens with two attached hydrogens (primary N) is 1. The Balaban J connectivity index is 2.36. The molecule has 1 aliphatic carbocycles. The van der Waals surface area contributed by atoms with Crippen LogP contribution in [-0.2, 0) is 6.18 Å². The molecule has 0 spiro atoms. The molecular weight excluding hydrogens is 274 g/mol. The molecule has 110 valence electrons. The average molecular weight is 289 g/mol. The summed E-state index contributed by atoms with van der Waals surface area (Å²) in [5.74, 6) is -1.92. The summed E-state index contributed by atoms with van der Waals surface area (Å²) in [5.41, 5.74) is 3.28. The zero-order valence-electron chi connectivity index (χ0n) is 10.8. The smallest absolute Gasteiger partial charge is 0.319 e. The monoisotopic (exact) mass is 289 g/mol. The van der Waals surface area contributed by atoms with Crippen molar-refractivity contribution >= 4 is 5.78 Å². The molecule has 6 heteroatoms. The van der Waals surface area contributed by atoms with Crippen LogP contribution in [0, 0.1) is 5.82 Å². The lowest BCUT2D eigenvalue weighted by Crippen LogP contribution is -2.49. The van der Waals surface area contributed by atoms with Crippen molar-refractivity contribution in [3.63, 3.8) is 0 Å². The van der Waals surface area contributed by atoms with Crippen LogP contribution in [0.1, 0.15) is 48.0 Å². The molecule has 0 bridgehead atoms. The summed E-state index contributed by atoms with van der Waals surface area (Å²) < 4.78 is 51.1. The van der Waals surface area contributed by atoms with Gasteiger partial charge in [-0.1, -0.05) is 19.3 Å². The van der Waals surface area contributed by atoms with Crippen molar-refractivity contribution in [3.05, 3.63) is 35.1 Å². The number of benzene rings is 1. The van der Waals surface area contributed by atoms with Crippen LogP contribution in [0.2, 0.25) is 0 Å². The number of ketones is 1. The van der Waals surface area contributed by atoms with E-state index in [4.69, 9.17) is 5.73 Å². The maximum atomic E-state index is 13.2. The van der Waals surface area contributed by atoms with Gasteiger partial charge in [0.2, 0.25) is 0 Å². The summed E-state index contributed by atoms with van der Waals surface area (Å²) in [7, 11) is 0. The van der Waals surface area contributed by atoms with Crippen LogP contribution in [0.4, 0.5) is 17.6 Å². The Morgan fingerprint density at radius 2 is 1.75 bits per heavy atom. The van der Waals surface area contributed by atoms with Crippen molar-refractivity contribution in [1.29, 1.82) is 0 Å². The van der Waals surface area contributed by atoms with E-state index in [1.807, 2.05) is 0 Å². The van der Waals surface area contributed by atoms with E-state index >= 15 is 0 Å². The van der Waals surface area contributed by atoms with Gasteiger partial charge in [0.15, 0.2) is 5.78 Å². The van der Waals surface area contributed by atoms with E-state index in [0.717, 1.165) is 25.3 Å². The minimum absolute atomic E-state index is 0.178. The number of alkyl halides is 3. The number of carbonyl (C=O) groups excluding carboxylic acids is 1. The molecule has 2 N–H and O–H groups in total. The van der Waals surface area contributed by atoms with E-state index in [-0.39, 0.29) is 5.56 Å². The maximum absolute atomic E-state index is 13.2. The predicted octanol–water partition coefficient (Wildman–Crippen LogP) is 3.69. The number of halogens is 4. The Kier molecular flexibility index (Phi) is 3.86. The van der Waals surface area contributed by atoms with Gasteiger partial charge in [-0.15, -0.1) is 0 Å².